The van der Waals surface area contributed by atoms with Crippen molar-refractivity contribution < 1.29 is 14.3 Å². The van der Waals surface area contributed by atoms with Crippen LogP contribution >= 0.6 is 24.0 Å². The van der Waals surface area contributed by atoms with Crippen molar-refractivity contribution in [2.45, 2.75) is 58.8 Å². The van der Waals surface area contributed by atoms with Gasteiger partial charge in [-0.1, -0.05) is 30.3 Å². The fourth-order valence-electron chi connectivity index (χ4n) is 2.26. The van der Waals surface area contributed by atoms with E-state index in [1.807, 2.05) is 71.9 Å². The smallest absolute Gasteiger partial charge is 0.408 e. The van der Waals surface area contributed by atoms with E-state index in [4.69, 9.17) is 9.47 Å². The van der Waals surface area contributed by atoms with Crippen molar-refractivity contribution in [2.75, 3.05) is 26.7 Å². The molecule has 0 bridgehead atoms. The van der Waals surface area contributed by atoms with Crippen molar-refractivity contribution in [2.24, 2.45) is 4.99 Å². The van der Waals surface area contributed by atoms with Crippen molar-refractivity contribution in [1.29, 1.82) is 0 Å². The number of benzene rings is 1. The molecule has 0 heterocycles. The Hall–Kier alpha value is -1.55. The van der Waals surface area contributed by atoms with Crippen molar-refractivity contribution in [1.82, 2.24) is 16.0 Å². The molecule has 1 aromatic rings. The molecule has 1 atom stereocenters. The summed E-state index contributed by atoms with van der Waals surface area (Å²) in [5.41, 5.74) is 0.0746. The molecule has 8 heteroatoms. The van der Waals surface area contributed by atoms with Crippen molar-refractivity contribution in [3.8, 4) is 0 Å². The monoisotopic (exact) mass is 520 g/mol. The fourth-order valence-corrected chi connectivity index (χ4v) is 2.26. The van der Waals surface area contributed by atoms with Crippen LogP contribution in [0.4, 0.5) is 4.79 Å². The summed E-state index contributed by atoms with van der Waals surface area (Å²) in [7, 11) is 1.67. The maximum atomic E-state index is 12.3. The van der Waals surface area contributed by atoms with Gasteiger partial charge in [0, 0.05) is 20.2 Å². The lowest BCUT2D eigenvalue weighted by Crippen LogP contribution is -2.44. The summed E-state index contributed by atoms with van der Waals surface area (Å²) in [5, 5.41) is 9.45. The highest BCUT2D eigenvalue weighted by Gasteiger charge is 2.21. The average Bonchev–Trinajstić information content (AvgIpc) is 2.62. The molecule has 1 rings (SSSR count). The van der Waals surface area contributed by atoms with Crippen LogP contribution in [0.2, 0.25) is 0 Å². The zero-order valence-electron chi connectivity index (χ0n) is 18.7. The summed E-state index contributed by atoms with van der Waals surface area (Å²) in [6, 6.07) is 9.51. The zero-order chi connectivity index (χ0) is 21.2. The molecule has 1 unspecified atom stereocenters. The first-order valence-electron chi connectivity index (χ1n) is 9.68. The molecule has 7 nitrogen and oxygen atoms in total. The molecule has 0 aromatic heterocycles. The second kappa shape index (κ2) is 12.9. The van der Waals surface area contributed by atoms with Crippen LogP contribution in [0.25, 0.3) is 0 Å². The number of halogens is 1. The normalized spacial score (nSPS) is 13.1. The van der Waals surface area contributed by atoms with E-state index in [2.05, 4.69) is 20.9 Å². The van der Waals surface area contributed by atoms with Gasteiger partial charge in [0.05, 0.1) is 18.2 Å². The Bertz CT molecular complexity index is 631. The molecule has 166 valence electrons. The largest absolute Gasteiger partial charge is 0.444 e. The lowest BCUT2D eigenvalue weighted by molar-refractivity contribution is 0.0310. The minimum atomic E-state index is -0.555. The van der Waals surface area contributed by atoms with Gasteiger partial charge in [0.1, 0.15) is 5.60 Å². The summed E-state index contributed by atoms with van der Waals surface area (Å²) < 4.78 is 10.8. The lowest BCUT2D eigenvalue weighted by atomic mass is 10.1. The highest BCUT2D eigenvalue weighted by molar-refractivity contribution is 14.0. The van der Waals surface area contributed by atoms with Gasteiger partial charge in [-0.2, -0.15) is 0 Å². The Labute approximate surface area is 192 Å². The van der Waals surface area contributed by atoms with E-state index in [0.717, 1.165) is 12.1 Å². The number of aliphatic imine (C=N–C) groups is 1. The molecule has 0 fully saturated rings. The topological polar surface area (TPSA) is 84.0 Å². The zero-order valence-corrected chi connectivity index (χ0v) is 21.0. The molecule has 0 saturated carbocycles. The molecule has 0 aliphatic heterocycles. The second-order valence-corrected chi connectivity index (χ2v) is 8.15. The number of alkyl carbamates (subject to hydrolysis) is 1. The van der Waals surface area contributed by atoms with Gasteiger partial charge >= 0.3 is 6.09 Å². The third-order valence-electron chi connectivity index (χ3n) is 3.88. The average molecular weight is 520 g/mol. The lowest BCUT2D eigenvalue weighted by Gasteiger charge is -2.25. The summed E-state index contributed by atoms with van der Waals surface area (Å²) in [5.74, 6) is 0.666. The summed E-state index contributed by atoms with van der Waals surface area (Å²) in [6.07, 6.45) is -0.453. The van der Waals surface area contributed by atoms with E-state index >= 15 is 0 Å². The number of methoxy groups -OCH3 is 1. The van der Waals surface area contributed by atoms with E-state index < -0.39 is 11.7 Å². The first-order chi connectivity index (χ1) is 13.1. The van der Waals surface area contributed by atoms with Gasteiger partial charge in [0.15, 0.2) is 5.96 Å². The summed E-state index contributed by atoms with van der Waals surface area (Å²) in [6.45, 7) is 13.2. The number of hydrogen-bond acceptors (Lipinski definition) is 4. The van der Waals surface area contributed by atoms with Gasteiger partial charge in [-0.25, -0.2) is 4.79 Å². The number of carbonyl (C=O) groups excluding carboxylic acids is 1. The first kappa shape index (κ1) is 27.5. The van der Waals surface area contributed by atoms with Crippen LogP contribution in [-0.2, 0) is 9.47 Å². The molecule has 0 saturated heterocycles. The number of rotatable bonds is 8. The predicted molar refractivity (Wildman–Crippen MR) is 129 cm³/mol. The van der Waals surface area contributed by atoms with Crippen molar-refractivity contribution in [3.05, 3.63) is 35.9 Å². The van der Waals surface area contributed by atoms with E-state index in [0.29, 0.717) is 19.0 Å². The fraction of sp³-hybridized carbons (Fsp3) is 0.619. The molecule has 0 aliphatic rings. The van der Waals surface area contributed by atoms with Gasteiger partial charge in [-0.05, 0) is 47.1 Å². The Morgan fingerprint density at radius 3 is 2.24 bits per heavy atom. The third-order valence-corrected chi connectivity index (χ3v) is 3.88. The Balaban J connectivity index is 0.00000784. The molecule has 1 amide bonds. The van der Waals surface area contributed by atoms with Gasteiger partial charge in [0.2, 0.25) is 0 Å². The van der Waals surface area contributed by atoms with E-state index in [-0.39, 0.29) is 35.6 Å². The number of guanidine groups is 1. The van der Waals surface area contributed by atoms with E-state index in [1.54, 1.807) is 7.11 Å². The molecule has 1 aromatic carbocycles. The number of nitrogens with one attached hydrogen (secondary N) is 3. The highest BCUT2D eigenvalue weighted by atomic mass is 127. The summed E-state index contributed by atoms with van der Waals surface area (Å²) in [4.78, 5) is 16.9. The van der Waals surface area contributed by atoms with Crippen LogP contribution in [-0.4, -0.2) is 50.0 Å². The maximum absolute atomic E-state index is 12.3. The van der Waals surface area contributed by atoms with Crippen LogP contribution in [0.3, 0.4) is 0 Å². The second-order valence-electron chi connectivity index (χ2n) is 8.15. The Kier molecular flexibility index (Phi) is 12.2. The minimum absolute atomic E-state index is 0. The molecule has 0 aliphatic carbocycles. The summed E-state index contributed by atoms with van der Waals surface area (Å²) >= 11 is 0. The Morgan fingerprint density at radius 1 is 1.10 bits per heavy atom. The molecule has 0 spiro atoms. The maximum Gasteiger partial charge on any atom is 0.408 e. The van der Waals surface area contributed by atoms with E-state index in [1.165, 1.54) is 0 Å². The van der Waals surface area contributed by atoms with Crippen molar-refractivity contribution in [3.63, 3.8) is 0 Å². The molecular weight excluding hydrogens is 483 g/mol. The standard InChI is InChI=1S/C21H36N4O3.HI/c1-8-22-18(24-15-21(5,6)27-7)23-14-17(16-12-10-9-11-13-16)25-19(26)28-20(2,3)4;/h9-13,17H,8,14-15H2,1-7H3,(H,25,26)(H2,22,23,24);1H. The molecule has 3 N–H and O–H groups in total. The quantitative estimate of drug-likeness (QED) is 0.276. The molecule has 29 heavy (non-hydrogen) atoms. The van der Waals surface area contributed by atoms with Crippen LogP contribution < -0.4 is 16.0 Å². The van der Waals surface area contributed by atoms with Crippen LogP contribution in [0, 0.1) is 0 Å². The highest BCUT2D eigenvalue weighted by Crippen LogP contribution is 2.14. The van der Waals surface area contributed by atoms with Crippen LogP contribution in [0.1, 0.15) is 53.1 Å². The van der Waals surface area contributed by atoms with E-state index in [9.17, 15) is 4.79 Å². The molecule has 0 radical (unpaired) electrons. The number of carbonyl (C=O) groups is 1. The Morgan fingerprint density at radius 2 is 1.72 bits per heavy atom. The van der Waals surface area contributed by atoms with Crippen LogP contribution in [0.5, 0.6) is 0 Å². The molecular formula is C21H37IN4O3. The number of amides is 1. The van der Waals surface area contributed by atoms with Gasteiger partial charge in [-0.15, -0.1) is 24.0 Å². The number of ether oxygens (including phenoxy) is 2. The number of hydrogen-bond donors (Lipinski definition) is 3. The van der Waals surface area contributed by atoms with Crippen molar-refractivity contribution >= 4 is 36.0 Å². The SMILES string of the molecule is CCNC(=NCC(C)(C)OC)NCC(NC(=O)OC(C)(C)C)c1ccccc1.I. The van der Waals surface area contributed by atoms with Gasteiger partial charge in [0.25, 0.3) is 0 Å². The van der Waals surface area contributed by atoms with Gasteiger partial charge < -0.3 is 25.4 Å². The minimum Gasteiger partial charge on any atom is -0.444 e. The predicted octanol–water partition coefficient (Wildman–Crippen LogP) is 3.85. The van der Waals surface area contributed by atoms with Crippen LogP contribution in [0.15, 0.2) is 35.3 Å². The van der Waals surface area contributed by atoms with Gasteiger partial charge in [-0.3, -0.25) is 4.99 Å². The number of nitrogens with zero attached hydrogens (tertiary/aromatic N) is 1. The first-order valence-corrected chi connectivity index (χ1v) is 9.68. The third kappa shape index (κ3) is 11.9.